The van der Waals surface area contributed by atoms with E-state index in [0.717, 1.165) is 43.4 Å². The maximum absolute atomic E-state index is 12.8. The van der Waals surface area contributed by atoms with Gasteiger partial charge in [-0.15, -0.1) is 11.8 Å². The first-order valence-corrected chi connectivity index (χ1v) is 12.7. The number of Topliss-reactive ketones (excluding diaryl/α,β-unsaturated/α-hetero) is 2. The fraction of sp³-hybridized carbons (Fsp3) is 0.800. The molecule has 3 fully saturated rings. The van der Waals surface area contributed by atoms with Gasteiger partial charge in [0.15, 0.2) is 5.78 Å². The number of carboxylic acid groups (broad SMARTS) is 1. The highest BCUT2D eigenvalue weighted by Crippen LogP contribution is 2.68. The minimum absolute atomic E-state index is 0.0568. The van der Waals surface area contributed by atoms with Crippen molar-refractivity contribution in [3.63, 3.8) is 0 Å². The van der Waals surface area contributed by atoms with Gasteiger partial charge >= 0.3 is 5.97 Å². The molecule has 0 heterocycles. The van der Waals surface area contributed by atoms with Crippen molar-refractivity contribution in [2.45, 2.75) is 79.1 Å². The quantitative estimate of drug-likeness (QED) is 0.621. The van der Waals surface area contributed by atoms with Crippen molar-refractivity contribution in [1.29, 1.82) is 0 Å². The Bertz CT molecular complexity index is 801. The third kappa shape index (κ3) is 3.30. The van der Waals surface area contributed by atoms with Gasteiger partial charge in [0.25, 0.3) is 0 Å². The summed E-state index contributed by atoms with van der Waals surface area (Å²) in [4.78, 5) is 37.1. The second-order valence-corrected chi connectivity index (χ2v) is 12.0. The van der Waals surface area contributed by atoms with Crippen LogP contribution in [0.4, 0.5) is 0 Å². The average molecular weight is 433 g/mol. The number of allylic oxidation sites excluding steroid dienone is 1. The SMILES string of the molecule is CC(=O)[C@H]1[C@H](C)C[C@H]2[C@@H]3CCC4=C(SCCC(=O)O)C(=O)CC[C@]4(C)[C@H]3CC[C@@]21C. The molecule has 0 spiro atoms. The van der Waals surface area contributed by atoms with Gasteiger partial charge < -0.3 is 5.11 Å². The van der Waals surface area contributed by atoms with Gasteiger partial charge in [0.2, 0.25) is 0 Å². The summed E-state index contributed by atoms with van der Waals surface area (Å²) in [5, 5.41) is 9.00. The molecule has 0 radical (unpaired) electrons. The number of rotatable bonds is 5. The molecule has 0 aromatic carbocycles. The molecular weight excluding hydrogens is 396 g/mol. The number of carbonyl (C=O) groups is 3. The number of fused-ring (bicyclic) bond motifs is 5. The van der Waals surface area contributed by atoms with E-state index in [4.69, 9.17) is 5.11 Å². The standard InChI is InChI=1S/C25H36O4S/c1-14-13-19-16-5-6-18-23(30-12-9-21(28)29)20(27)8-11-24(18,3)17(16)7-10-25(19,4)22(14)15(2)26/h14,16-17,19,22H,5-13H2,1-4H3,(H,28,29)/t14-,16-,17+,19+,22-,24-,25+/m1/s1. The van der Waals surface area contributed by atoms with Crippen LogP contribution in [0.1, 0.15) is 79.1 Å². The molecule has 4 rings (SSSR count). The highest BCUT2D eigenvalue weighted by atomic mass is 32.2. The summed E-state index contributed by atoms with van der Waals surface area (Å²) in [6.45, 7) is 8.83. The van der Waals surface area contributed by atoms with Crippen LogP contribution in [0, 0.1) is 40.4 Å². The van der Waals surface area contributed by atoms with Crippen molar-refractivity contribution < 1.29 is 19.5 Å². The van der Waals surface area contributed by atoms with Gasteiger partial charge in [0.05, 0.1) is 11.3 Å². The third-order valence-corrected chi connectivity index (χ3v) is 10.6. The molecule has 1 N–H and O–H groups in total. The van der Waals surface area contributed by atoms with Crippen LogP contribution in [0.2, 0.25) is 0 Å². The van der Waals surface area contributed by atoms with E-state index in [1.165, 1.54) is 17.3 Å². The highest BCUT2D eigenvalue weighted by molar-refractivity contribution is 8.04. The molecule has 0 amide bonds. The van der Waals surface area contributed by atoms with Gasteiger partial charge in [-0.3, -0.25) is 14.4 Å². The molecule has 30 heavy (non-hydrogen) atoms. The van der Waals surface area contributed by atoms with Gasteiger partial charge in [0.1, 0.15) is 5.78 Å². The van der Waals surface area contributed by atoms with E-state index in [9.17, 15) is 14.4 Å². The molecule has 4 nitrogen and oxygen atoms in total. The Kier molecular flexibility index (Phi) is 5.74. The molecule has 0 bridgehead atoms. The minimum Gasteiger partial charge on any atom is -0.481 e. The van der Waals surface area contributed by atoms with E-state index in [-0.39, 0.29) is 29.0 Å². The number of carbonyl (C=O) groups excluding carboxylic acids is 2. The summed E-state index contributed by atoms with van der Waals surface area (Å²) >= 11 is 1.49. The van der Waals surface area contributed by atoms with E-state index in [1.807, 2.05) is 0 Å². The largest absolute Gasteiger partial charge is 0.481 e. The normalized spacial score (nSPS) is 43.1. The molecule has 0 aromatic rings. The van der Waals surface area contributed by atoms with E-state index >= 15 is 0 Å². The number of thioether (sulfide) groups is 1. The lowest BCUT2D eigenvalue weighted by atomic mass is 9.46. The van der Waals surface area contributed by atoms with Gasteiger partial charge in [-0.1, -0.05) is 20.8 Å². The van der Waals surface area contributed by atoms with Crippen LogP contribution in [-0.4, -0.2) is 28.4 Å². The second-order valence-electron chi connectivity index (χ2n) is 10.9. The number of carboxylic acids is 1. The monoisotopic (exact) mass is 432 g/mol. The summed E-state index contributed by atoms with van der Waals surface area (Å²) in [5.74, 6) is 2.77. The van der Waals surface area contributed by atoms with Crippen LogP contribution in [0.15, 0.2) is 10.5 Å². The van der Waals surface area contributed by atoms with Crippen molar-refractivity contribution in [1.82, 2.24) is 0 Å². The van der Waals surface area contributed by atoms with Crippen molar-refractivity contribution in [3.05, 3.63) is 10.5 Å². The Labute approximate surface area is 184 Å². The smallest absolute Gasteiger partial charge is 0.304 e. The Morgan fingerprint density at radius 1 is 1.13 bits per heavy atom. The van der Waals surface area contributed by atoms with Crippen molar-refractivity contribution in [3.8, 4) is 0 Å². The average Bonchev–Trinajstić information content (AvgIpc) is 2.94. The van der Waals surface area contributed by atoms with Crippen LogP contribution in [0.3, 0.4) is 0 Å². The minimum atomic E-state index is -0.801. The zero-order valence-corrected chi connectivity index (χ0v) is 19.6. The summed E-state index contributed by atoms with van der Waals surface area (Å²) in [5.41, 5.74) is 1.52. The molecule has 5 heteroatoms. The van der Waals surface area contributed by atoms with Gasteiger partial charge in [-0.25, -0.2) is 0 Å². The Morgan fingerprint density at radius 2 is 1.87 bits per heavy atom. The summed E-state index contributed by atoms with van der Waals surface area (Å²) in [7, 11) is 0. The molecule has 4 aliphatic carbocycles. The first-order chi connectivity index (χ1) is 14.1. The van der Waals surface area contributed by atoms with E-state index in [0.29, 0.717) is 41.6 Å². The summed E-state index contributed by atoms with van der Waals surface area (Å²) < 4.78 is 0. The predicted molar refractivity (Wildman–Crippen MR) is 119 cm³/mol. The van der Waals surface area contributed by atoms with Crippen molar-refractivity contribution >= 4 is 29.3 Å². The van der Waals surface area contributed by atoms with Crippen LogP contribution < -0.4 is 0 Å². The lowest BCUT2D eigenvalue weighted by Crippen LogP contribution is -2.51. The van der Waals surface area contributed by atoms with Crippen molar-refractivity contribution in [2.24, 2.45) is 40.4 Å². The molecule has 0 unspecified atom stereocenters. The fourth-order valence-corrected chi connectivity index (χ4v) is 9.56. The molecule has 0 saturated heterocycles. The molecule has 7 atom stereocenters. The maximum Gasteiger partial charge on any atom is 0.304 e. The molecule has 4 aliphatic rings. The van der Waals surface area contributed by atoms with Crippen LogP contribution in [0.5, 0.6) is 0 Å². The molecule has 0 aromatic heterocycles. The first kappa shape index (κ1) is 22.1. The Morgan fingerprint density at radius 3 is 2.53 bits per heavy atom. The highest BCUT2D eigenvalue weighted by Gasteiger charge is 2.61. The van der Waals surface area contributed by atoms with E-state index < -0.39 is 5.97 Å². The van der Waals surface area contributed by atoms with Gasteiger partial charge in [-0.2, -0.15) is 0 Å². The molecule has 3 saturated carbocycles. The maximum atomic E-state index is 12.8. The molecular formula is C25H36O4S. The summed E-state index contributed by atoms with van der Waals surface area (Å²) in [6.07, 6.45) is 7.13. The first-order valence-electron chi connectivity index (χ1n) is 11.7. The number of hydrogen-bond acceptors (Lipinski definition) is 4. The van der Waals surface area contributed by atoms with Crippen LogP contribution in [-0.2, 0) is 14.4 Å². The van der Waals surface area contributed by atoms with E-state index in [1.54, 1.807) is 6.92 Å². The van der Waals surface area contributed by atoms with E-state index in [2.05, 4.69) is 20.8 Å². The van der Waals surface area contributed by atoms with Crippen LogP contribution in [0.25, 0.3) is 0 Å². The summed E-state index contributed by atoms with van der Waals surface area (Å²) in [6, 6.07) is 0. The lowest BCUT2D eigenvalue weighted by molar-refractivity contribution is -0.136. The van der Waals surface area contributed by atoms with Crippen molar-refractivity contribution in [2.75, 3.05) is 5.75 Å². The molecule has 166 valence electrons. The van der Waals surface area contributed by atoms with Gasteiger partial charge in [0, 0.05) is 18.1 Å². The Balaban J connectivity index is 1.64. The lowest BCUT2D eigenvalue weighted by Gasteiger charge is -2.58. The Hall–Kier alpha value is -1.10. The predicted octanol–water partition coefficient (Wildman–Crippen LogP) is 5.51. The fourth-order valence-electron chi connectivity index (χ4n) is 8.30. The second kappa shape index (κ2) is 7.79. The van der Waals surface area contributed by atoms with Crippen LogP contribution >= 0.6 is 11.8 Å². The zero-order valence-electron chi connectivity index (χ0n) is 18.8. The number of hydrogen-bond donors (Lipinski definition) is 1. The number of aliphatic carboxylic acids is 1. The number of ketones is 2. The van der Waals surface area contributed by atoms with Gasteiger partial charge in [-0.05, 0) is 85.5 Å². The molecule has 0 aliphatic heterocycles. The topological polar surface area (TPSA) is 71.4 Å². The zero-order chi connectivity index (χ0) is 21.8. The third-order valence-electron chi connectivity index (χ3n) is 9.41.